The number of hydrogen-bond donors (Lipinski definition) is 0. The lowest BCUT2D eigenvalue weighted by molar-refractivity contribution is -0.118. The third-order valence-corrected chi connectivity index (χ3v) is 2.39. The van der Waals surface area contributed by atoms with E-state index in [9.17, 15) is 9.59 Å². The van der Waals surface area contributed by atoms with Gasteiger partial charge in [-0.15, -0.1) is 0 Å². The third kappa shape index (κ3) is 2.34. The Morgan fingerprint density at radius 2 is 2.11 bits per heavy atom. The number of ether oxygens (including phenoxy) is 2. The first-order valence-corrected chi connectivity index (χ1v) is 5.33. The fourth-order valence-electron chi connectivity index (χ4n) is 1.57. The number of rotatable bonds is 4. The molecule has 94 valence electrons. The summed E-state index contributed by atoms with van der Waals surface area (Å²) in [5.74, 6) is -0.159. The predicted molar refractivity (Wildman–Crippen MR) is 63.7 cm³/mol. The van der Waals surface area contributed by atoms with E-state index in [1.54, 1.807) is 12.1 Å². The van der Waals surface area contributed by atoms with Gasteiger partial charge in [-0.3, -0.25) is 4.79 Å². The molecule has 5 nitrogen and oxygen atoms in total. The van der Waals surface area contributed by atoms with Gasteiger partial charge in [0.25, 0.3) is 0 Å². The highest BCUT2D eigenvalue weighted by molar-refractivity contribution is 5.96. The average Bonchev–Trinajstić information content (AvgIpc) is 2.82. The van der Waals surface area contributed by atoms with Crippen LogP contribution in [0.4, 0.5) is 0 Å². The molecule has 0 amide bonds. The lowest BCUT2D eigenvalue weighted by Gasteiger charge is -2.07. The summed E-state index contributed by atoms with van der Waals surface area (Å²) in [4.78, 5) is 22.4. The Morgan fingerprint density at radius 1 is 1.33 bits per heavy atom. The molecule has 1 aromatic carbocycles. The van der Waals surface area contributed by atoms with Crippen molar-refractivity contribution in [3.63, 3.8) is 0 Å². The van der Waals surface area contributed by atoms with Gasteiger partial charge in [-0.1, -0.05) is 0 Å². The van der Waals surface area contributed by atoms with Gasteiger partial charge in [-0.2, -0.15) is 0 Å². The summed E-state index contributed by atoms with van der Waals surface area (Å²) in [6, 6.07) is 4.82. The van der Waals surface area contributed by atoms with Crippen LogP contribution < -0.4 is 4.74 Å². The fourth-order valence-corrected chi connectivity index (χ4v) is 1.57. The first-order chi connectivity index (χ1) is 8.61. The first-order valence-electron chi connectivity index (χ1n) is 5.33. The number of furan rings is 1. The van der Waals surface area contributed by atoms with Gasteiger partial charge in [-0.05, 0) is 25.1 Å². The van der Waals surface area contributed by atoms with Crippen LogP contribution >= 0.6 is 0 Å². The molecule has 1 heterocycles. The van der Waals surface area contributed by atoms with Gasteiger partial charge in [0, 0.05) is 0 Å². The molecule has 2 aromatic rings. The molecule has 0 aliphatic heterocycles. The van der Waals surface area contributed by atoms with Crippen LogP contribution in [-0.2, 0) is 9.53 Å². The number of hydrogen-bond acceptors (Lipinski definition) is 5. The van der Waals surface area contributed by atoms with Gasteiger partial charge in [0.2, 0.25) is 0 Å². The maximum absolute atomic E-state index is 11.5. The largest absolute Gasteiger partial charge is 0.485 e. The normalized spacial score (nSPS) is 10.3. The van der Waals surface area contributed by atoms with E-state index >= 15 is 0 Å². The highest BCUT2D eigenvalue weighted by Crippen LogP contribution is 2.29. The van der Waals surface area contributed by atoms with E-state index in [-0.39, 0.29) is 12.4 Å². The van der Waals surface area contributed by atoms with Gasteiger partial charge in [-0.25, -0.2) is 4.79 Å². The average molecular weight is 248 g/mol. The first kappa shape index (κ1) is 12.2. The fraction of sp³-hybridized carbons (Fsp3) is 0.231. The topological polar surface area (TPSA) is 65.7 Å². The number of Topliss-reactive ketones (excluding diaryl/α,β-unsaturated/α-hetero) is 1. The number of esters is 1. The quantitative estimate of drug-likeness (QED) is 0.776. The number of carbonyl (C=O) groups is 2. The summed E-state index contributed by atoms with van der Waals surface area (Å²) in [5.41, 5.74) is 0.829. The molecule has 0 unspecified atom stereocenters. The van der Waals surface area contributed by atoms with Crippen LogP contribution in [0.2, 0.25) is 0 Å². The van der Waals surface area contributed by atoms with Crippen molar-refractivity contribution >= 4 is 22.7 Å². The van der Waals surface area contributed by atoms with Crippen molar-refractivity contribution in [2.24, 2.45) is 0 Å². The van der Waals surface area contributed by atoms with Gasteiger partial charge < -0.3 is 13.9 Å². The second kappa shape index (κ2) is 4.91. The van der Waals surface area contributed by atoms with E-state index in [0.717, 1.165) is 0 Å². The minimum Gasteiger partial charge on any atom is -0.485 e. The van der Waals surface area contributed by atoms with Crippen LogP contribution in [0.5, 0.6) is 5.75 Å². The molecule has 2 rings (SSSR count). The molecule has 0 saturated heterocycles. The Hall–Kier alpha value is -2.30. The molecular weight excluding hydrogens is 236 g/mol. The van der Waals surface area contributed by atoms with Crippen molar-refractivity contribution < 1.29 is 23.5 Å². The van der Waals surface area contributed by atoms with Crippen LogP contribution in [0.25, 0.3) is 11.0 Å². The maximum atomic E-state index is 11.5. The number of benzene rings is 1. The number of ketones is 1. The van der Waals surface area contributed by atoms with Crippen LogP contribution in [-0.4, -0.2) is 25.5 Å². The van der Waals surface area contributed by atoms with Gasteiger partial charge in [0.15, 0.2) is 5.78 Å². The highest BCUT2D eigenvalue weighted by Gasteiger charge is 2.13. The number of carbonyl (C=O) groups excluding carboxylic acids is 2. The molecule has 0 fully saturated rings. The smallest absolute Gasteiger partial charge is 0.338 e. The minimum atomic E-state index is -0.485. The van der Waals surface area contributed by atoms with Crippen LogP contribution in [0, 0.1) is 0 Å². The van der Waals surface area contributed by atoms with Crippen molar-refractivity contribution in [2.75, 3.05) is 13.7 Å². The number of fused-ring (bicyclic) bond motifs is 1. The standard InChI is InChI=1S/C13H12O5/c1-8(14)7-18-12-6-9(13(15)16-2)5-11-10(12)3-4-17-11/h3-6H,7H2,1-2H3. The second-order valence-corrected chi connectivity index (χ2v) is 3.79. The summed E-state index contributed by atoms with van der Waals surface area (Å²) in [6.07, 6.45) is 1.49. The van der Waals surface area contributed by atoms with Crippen molar-refractivity contribution in [3.05, 3.63) is 30.0 Å². The Morgan fingerprint density at radius 3 is 2.78 bits per heavy atom. The molecule has 0 spiro atoms. The highest BCUT2D eigenvalue weighted by atomic mass is 16.5. The molecule has 0 aliphatic rings. The zero-order chi connectivity index (χ0) is 13.1. The van der Waals surface area contributed by atoms with E-state index in [4.69, 9.17) is 9.15 Å². The lowest BCUT2D eigenvalue weighted by atomic mass is 10.1. The SMILES string of the molecule is COC(=O)c1cc(OCC(C)=O)c2ccoc2c1. The predicted octanol–water partition coefficient (Wildman–Crippen LogP) is 2.19. The summed E-state index contributed by atoms with van der Waals surface area (Å²) < 4.78 is 15.2. The monoisotopic (exact) mass is 248 g/mol. The zero-order valence-corrected chi connectivity index (χ0v) is 10.1. The molecule has 0 N–H and O–H groups in total. The molecule has 0 aliphatic carbocycles. The summed E-state index contributed by atoms with van der Waals surface area (Å²) in [5, 5.41) is 0.712. The number of methoxy groups -OCH3 is 1. The van der Waals surface area contributed by atoms with E-state index in [0.29, 0.717) is 22.3 Å². The Kier molecular flexibility index (Phi) is 3.32. The lowest BCUT2D eigenvalue weighted by Crippen LogP contribution is -2.08. The summed E-state index contributed by atoms with van der Waals surface area (Å²) in [7, 11) is 1.30. The Labute approximate surface area is 103 Å². The van der Waals surface area contributed by atoms with Crippen molar-refractivity contribution in [3.8, 4) is 5.75 Å². The molecular formula is C13H12O5. The second-order valence-electron chi connectivity index (χ2n) is 3.79. The molecule has 18 heavy (non-hydrogen) atoms. The molecule has 0 bridgehead atoms. The maximum Gasteiger partial charge on any atom is 0.338 e. The Bertz CT molecular complexity index is 596. The molecule has 5 heteroatoms. The van der Waals surface area contributed by atoms with Crippen molar-refractivity contribution in [2.45, 2.75) is 6.92 Å². The minimum absolute atomic E-state index is 0.0507. The van der Waals surface area contributed by atoms with Gasteiger partial charge in [0.05, 0.1) is 24.3 Å². The van der Waals surface area contributed by atoms with Gasteiger partial charge in [0.1, 0.15) is 17.9 Å². The van der Waals surface area contributed by atoms with E-state index in [1.807, 2.05) is 0 Å². The van der Waals surface area contributed by atoms with E-state index < -0.39 is 5.97 Å². The van der Waals surface area contributed by atoms with E-state index in [1.165, 1.54) is 26.4 Å². The van der Waals surface area contributed by atoms with Crippen LogP contribution in [0.1, 0.15) is 17.3 Å². The molecule has 0 atom stereocenters. The third-order valence-electron chi connectivity index (χ3n) is 2.39. The van der Waals surface area contributed by atoms with Crippen LogP contribution in [0.3, 0.4) is 0 Å². The molecule has 1 aromatic heterocycles. The van der Waals surface area contributed by atoms with Crippen molar-refractivity contribution in [1.82, 2.24) is 0 Å². The zero-order valence-electron chi connectivity index (χ0n) is 10.1. The summed E-state index contributed by atoms with van der Waals surface area (Å²) >= 11 is 0. The van der Waals surface area contributed by atoms with Gasteiger partial charge >= 0.3 is 5.97 Å². The Balaban J connectivity index is 2.44. The molecule has 0 saturated carbocycles. The van der Waals surface area contributed by atoms with Crippen molar-refractivity contribution in [1.29, 1.82) is 0 Å². The molecule has 0 radical (unpaired) electrons. The summed E-state index contributed by atoms with van der Waals surface area (Å²) in [6.45, 7) is 1.38. The van der Waals surface area contributed by atoms with Crippen LogP contribution in [0.15, 0.2) is 28.9 Å². The van der Waals surface area contributed by atoms with E-state index in [2.05, 4.69) is 4.74 Å².